The fourth-order valence-corrected chi connectivity index (χ4v) is 5.98. The number of rotatable bonds is 7. The number of carbonyl (C=O) groups is 1. The second-order valence-corrected chi connectivity index (χ2v) is 9.85. The quantitative estimate of drug-likeness (QED) is 0.420. The van der Waals surface area contributed by atoms with Gasteiger partial charge in [-0.3, -0.25) is 9.36 Å². The van der Waals surface area contributed by atoms with Gasteiger partial charge in [0, 0.05) is 19.6 Å². The Morgan fingerprint density at radius 1 is 1.31 bits per heavy atom. The molecule has 0 saturated carbocycles. The minimum Gasteiger partial charge on any atom is -0.465 e. The molecular formula is C21H26N4O6S. The van der Waals surface area contributed by atoms with Gasteiger partial charge in [-0.1, -0.05) is 17.3 Å². The Labute approximate surface area is 185 Å². The average molecular weight is 463 g/mol. The summed E-state index contributed by atoms with van der Waals surface area (Å²) in [6.07, 6.45) is 1.60. The van der Waals surface area contributed by atoms with E-state index in [4.69, 9.17) is 9.26 Å². The molecule has 0 aliphatic carbocycles. The lowest BCUT2D eigenvalue weighted by molar-refractivity contribution is -0.149. The molecule has 0 radical (unpaired) electrons. The molecule has 4 rings (SSSR count). The molecule has 172 valence electrons. The normalized spacial score (nSPS) is 17.6. The number of aromatic amines is 1. The zero-order valence-electron chi connectivity index (χ0n) is 18.0. The predicted octanol–water partition coefficient (Wildman–Crippen LogP) is 1.97. The van der Waals surface area contributed by atoms with Crippen molar-refractivity contribution in [1.29, 1.82) is 0 Å². The Bertz CT molecular complexity index is 1270. The van der Waals surface area contributed by atoms with Crippen LogP contribution in [0.3, 0.4) is 0 Å². The highest BCUT2D eigenvalue weighted by Gasteiger charge is 2.37. The van der Waals surface area contributed by atoms with Crippen molar-refractivity contribution in [1.82, 2.24) is 19.0 Å². The van der Waals surface area contributed by atoms with Crippen molar-refractivity contribution in [2.75, 3.05) is 19.7 Å². The number of fused-ring (bicyclic) bond motifs is 1. The molecule has 0 bridgehead atoms. The minimum absolute atomic E-state index is 0.0626. The highest BCUT2D eigenvalue weighted by Crippen LogP contribution is 2.28. The van der Waals surface area contributed by atoms with Gasteiger partial charge in [-0.15, -0.1) is 0 Å². The van der Waals surface area contributed by atoms with Crippen LogP contribution in [0.2, 0.25) is 0 Å². The molecule has 1 aromatic carbocycles. The maximum Gasteiger partial charge on any atom is 0.326 e. The van der Waals surface area contributed by atoms with Gasteiger partial charge < -0.3 is 14.2 Å². The van der Waals surface area contributed by atoms with Gasteiger partial charge >= 0.3 is 11.7 Å². The number of para-hydroxylation sites is 2. The summed E-state index contributed by atoms with van der Waals surface area (Å²) in [5.74, 6) is -0.718. The zero-order chi connectivity index (χ0) is 22.9. The van der Waals surface area contributed by atoms with E-state index in [1.54, 1.807) is 18.4 Å². The molecule has 3 aromatic rings. The van der Waals surface area contributed by atoms with Gasteiger partial charge in [-0.25, -0.2) is 13.2 Å². The predicted molar refractivity (Wildman–Crippen MR) is 116 cm³/mol. The molecular weight excluding hydrogens is 436 g/mol. The van der Waals surface area contributed by atoms with E-state index in [0.29, 0.717) is 38.0 Å². The molecule has 1 saturated heterocycles. The maximum atomic E-state index is 13.0. The van der Waals surface area contributed by atoms with Crippen molar-refractivity contribution < 1.29 is 22.5 Å². The Morgan fingerprint density at radius 3 is 2.84 bits per heavy atom. The van der Waals surface area contributed by atoms with Gasteiger partial charge in [0.05, 0.1) is 23.6 Å². The van der Waals surface area contributed by atoms with Crippen LogP contribution in [0.4, 0.5) is 0 Å². The largest absolute Gasteiger partial charge is 0.465 e. The fraction of sp³-hybridized carbons (Fsp3) is 0.476. The number of aromatic nitrogens is 3. The highest BCUT2D eigenvalue weighted by molar-refractivity contribution is 7.89. The summed E-state index contributed by atoms with van der Waals surface area (Å²) in [7, 11) is -3.80. The molecule has 1 fully saturated rings. The van der Waals surface area contributed by atoms with Crippen LogP contribution in [0.25, 0.3) is 11.0 Å². The molecule has 2 aromatic heterocycles. The van der Waals surface area contributed by atoms with Crippen molar-refractivity contribution in [3.63, 3.8) is 0 Å². The summed E-state index contributed by atoms with van der Waals surface area (Å²) >= 11 is 0. The topological polar surface area (TPSA) is 128 Å². The summed E-state index contributed by atoms with van der Waals surface area (Å²) in [6.45, 7) is 4.09. The SMILES string of the molecule is Cc1noc(C)c1S(=O)(=O)N1CCC[C@@H](C(=O)OCCCn2c(=O)[nH]c3ccccc32)C1. The molecule has 1 atom stereocenters. The molecule has 0 unspecified atom stereocenters. The monoisotopic (exact) mass is 462 g/mol. The van der Waals surface area contributed by atoms with E-state index < -0.39 is 21.9 Å². The standard InChI is InChI=1S/C21H26N4O6S/c1-14-19(15(2)31-23-14)32(28,29)24-10-5-7-16(13-24)20(26)30-12-6-11-25-18-9-4-3-8-17(18)22-21(25)27/h3-4,8-9,16H,5-7,10-13H2,1-2H3,(H,22,27)/t16-/m1/s1. The fourth-order valence-electron chi connectivity index (χ4n) is 4.17. The second-order valence-electron chi connectivity index (χ2n) is 7.98. The zero-order valence-corrected chi connectivity index (χ0v) is 18.9. The van der Waals surface area contributed by atoms with Gasteiger partial charge in [-0.2, -0.15) is 4.31 Å². The Kier molecular flexibility index (Phi) is 6.20. The van der Waals surface area contributed by atoms with Crippen molar-refractivity contribution in [3.05, 3.63) is 46.2 Å². The minimum atomic E-state index is -3.80. The van der Waals surface area contributed by atoms with E-state index in [-0.39, 0.29) is 29.5 Å². The summed E-state index contributed by atoms with van der Waals surface area (Å²) in [4.78, 5) is 27.6. The smallest absolute Gasteiger partial charge is 0.326 e. The third kappa shape index (κ3) is 4.22. The van der Waals surface area contributed by atoms with Crippen LogP contribution >= 0.6 is 0 Å². The second kappa shape index (κ2) is 8.91. The van der Waals surface area contributed by atoms with Crippen LogP contribution < -0.4 is 5.69 Å². The lowest BCUT2D eigenvalue weighted by Gasteiger charge is -2.30. The van der Waals surface area contributed by atoms with Gasteiger partial charge in [-0.05, 0) is 45.2 Å². The number of H-pyrrole nitrogens is 1. The third-order valence-electron chi connectivity index (χ3n) is 5.74. The summed E-state index contributed by atoms with van der Waals surface area (Å²) in [6, 6.07) is 7.40. The molecule has 0 amide bonds. The van der Waals surface area contributed by atoms with Crippen LogP contribution in [0, 0.1) is 19.8 Å². The van der Waals surface area contributed by atoms with Crippen LogP contribution in [0.5, 0.6) is 0 Å². The first-order valence-electron chi connectivity index (χ1n) is 10.6. The van der Waals surface area contributed by atoms with Crippen molar-refractivity contribution in [3.8, 4) is 0 Å². The molecule has 10 nitrogen and oxygen atoms in total. The van der Waals surface area contributed by atoms with Crippen LogP contribution in [0.1, 0.15) is 30.7 Å². The van der Waals surface area contributed by atoms with E-state index in [1.807, 2.05) is 24.3 Å². The number of esters is 1. The van der Waals surface area contributed by atoms with Crippen molar-refractivity contribution in [2.24, 2.45) is 5.92 Å². The Hall–Kier alpha value is -2.92. The number of imidazole rings is 1. The van der Waals surface area contributed by atoms with E-state index >= 15 is 0 Å². The van der Waals surface area contributed by atoms with Gasteiger partial charge in [0.25, 0.3) is 0 Å². The summed E-state index contributed by atoms with van der Waals surface area (Å²) < 4.78 is 39.4. The van der Waals surface area contributed by atoms with Crippen LogP contribution in [-0.4, -0.2) is 53.1 Å². The lowest BCUT2D eigenvalue weighted by Crippen LogP contribution is -2.43. The van der Waals surface area contributed by atoms with Crippen molar-refractivity contribution >= 4 is 27.0 Å². The Balaban J connectivity index is 1.34. The number of hydrogen-bond acceptors (Lipinski definition) is 7. The van der Waals surface area contributed by atoms with Crippen LogP contribution in [-0.2, 0) is 26.1 Å². The summed E-state index contributed by atoms with van der Waals surface area (Å²) in [5, 5.41) is 3.73. The molecule has 0 spiro atoms. The highest BCUT2D eigenvalue weighted by atomic mass is 32.2. The van der Waals surface area contributed by atoms with Gasteiger partial charge in [0.2, 0.25) is 10.0 Å². The molecule has 1 N–H and O–H groups in total. The summed E-state index contributed by atoms with van der Waals surface area (Å²) in [5.41, 5.74) is 1.66. The molecule has 32 heavy (non-hydrogen) atoms. The van der Waals surface area contributed by atoms with Gasteiger partial charge in [0.1, 0.15) is 10.6 Å². The van der Waals surface area contributed by atoms with E-state index in [0.717, 1.165) is 11.0 Å². The number of ether oxygens (including phenoxy) is 1. The average Bonchev–Trinajstić information content (AvgIpc) is 3.29. The van der Waals surface area contributed by atoms with Crippen molar-refractivity contribution in [2.45, 2.75) is 44.6 Å². The number of nitrogens with one attached hydrogen (secondary N) is 1. The molecule has 11 heteroatoms. The number of hydrogen-bond donors (Lipinski definition) is 1. The maximum absolute atomic E-state index is 13.0. The first-order valence-corrected chi connectivity index (χ1v) is 12.0. The lowest BCUT2D eigenvalue weighted by atomic mass is 10.00. The molecule has 1 aliphatic heterocycles. The number of sulfonamides is 1. The third-order valence-corrected chi connectivity index (χ3v) is 7.85. The number of nitrogens with zero attached hydrogens (tertiary/aromatic N) is 3. The number of carbonyl (C=O) groups excluding carboxylic acids is 1. The number of piperidine rings is 1. The first-order chi connectivity index (χ1) is 15.3. The molecule has 3 heterocycles. The van der Waals surface area contributed by atoms with Crippen LogP contribution in [0.15, 0.2) is 38.5 Å². The van der Waals surface area contributed by atoms with E-state index in [2.05, 4.69) is 10.1 Å². The Morgan fingerprint density at radius 2 is 2.09 bits per heavy atom. The van der Waals surface area contributed by atoms with E-state index in [1.165, 1.54) is 4.31 Å². The number of aryl methyl sites for hydroxylation is 3. The number of benzene rings is 1. The van der Waals surface area contributed by atoms with Gasteiger partial charge in [0.15, 0.2) is 5.76 Å². The first kappa shape index (κ1) is 22.3. The molecule has 1 aliphatic rings. The van der Waals surface area contributed by atoms with E-state index in [9.17, 15) is 18.0 Å².